The third-order valence-electron chi connectivity index (χ3n) is 5.21. The molecule has 1 aliphatic carbocycles. The van der Waals surface area contributed by atoms with Gasteiger partial charge in [0.15, 0.2) is 0 Å². The molecule has 0 aromatic heterocycles. The van der Waals surface area contributed by atoms with E-state index in [2.05, 4.69) is 36.4 Å². The fourth-order valence-electron chi connectivity index (χ4n) is 3.64. The highest BCUT2D eigenvalue weighted by atomic mass is 16.5. The van der Waals surface area contributed by atoms with Gasteiger partial charge in [0.2, 0.25) is 0 Å². The summed E-state index contributed by atoms with van der Waals surface area (Å²) < 4.78 is 5.50. The van der Waals surface area contributed by atoms with Crippen molar-refractivity contribution in [2.75, 3.05) is 6.61 Å². The summed E-state index contributed by atoms with van der Waals surface area (Å²) in [6.07, 6.45) is 10.5. The van der Waals surface area contributed by atoms with Crippen molar-refractivity contribution in [1.82, 2.24) is 0 Å². The Labute approximate surface area is 176 Å². The molecule has 0 amide bonds. The lowest BCUT2D eigenvalue weighted by Crippen LogP contribution is -2.04. The van der Waals surface area contributed by atoms with Crippen LogP contribution >= 0.6 is 0 Å². The maximum Gasteiger partial charge on any atom is 0.119 e. The van der Waals surface area contributed by atoms with Crippen molar-refractivity contribution in [2.24, 2.45) is 11.5 Å². The Kier molecular flexibility index (Phi) is 9.36. The van der Waals surface area contributed by atoms with Gasteiger partial charge in [-0.3, -0.25) is 0 Å². The maximum atomic E-state index is 5.50. The van der Waals surface area contributed by atoms with Gasteiger partial charge in [-0.1, -0.05) is 61.7 Å². The highest BCUT2D eigenvalue weighted by molar-refractivity contribution is 5.64. The summed E-state index contributed by atoms with van der Waals surface area (Å²) in [7, 11) is 0. The molecule has 156 valence electrons. The fraction of sp³-hybridized carbons (Fsp3) is 0.385. The number of hydrogen-bond donors (Lipinski definition) is 2. The highest BCUT2D eigenvalue weighted by Gasteiger charge is 2.15. The van der Waals surface area contributed by atoms with Crippen molar-refractivity contribution in [3.05, 3.63) is 77.6 Å². The van der Waals surface area contributed by atoms with Crippen LogP contribution in [0.25, 0.3) is 11.1 Å². The molecule has 3 nitrogen and oxygen atoms in total. The number of benzene rings is 2. The molecule has 0 heterocycles. The minimum atomic E-state index is 0.713. The zero-order valence-corrected chi connectivity index (χ0v) is 18.2. The summed E-state index contributed by atoms with van der Waals surface area (Å²) in [5, 5.41) is 0. The SMILES string of the molecule is C/C=C(N)\C=C(/C)N.CCOc1ccc(-c2ccc(C3CCCCC3)cc2)cc1. The monoisotopic (exact) mass is 392 g/mol. The van der Waals surface area contributed by atoms with Crippen molar-refractivity contribution in [3.8, 4) is 16.9 Å². The number of nitrogens with two attached hydrogens (primary N) is 2. The molecule has 0 unspecified atom stereocenters. The van der Waals surface area contributed by atoms with Gasteiger partial charge < -0.3 is 16.2 Å². The van der Waals surface area contributed by atoms with Gasteiger partial charge in [-0.15, -0.1) is 0 Å². The van der Waals surface area contributed by atoms with Crippen LogP contribution in [0.1, 0.15) is 64.4 Å². The summed E-state index contributed by atoms with van der Waals surface area (Å²) in [6, 6.07) is 17.5. The summed E-state index contributed by atoms with van der Waals surface area (Å²) >= 11 is 0. The summed E-state index contributed by atoms with van der Waals surface area (Å²) in [5.74, 6) is 1.73. The first-order chi connectivity index (χ1) is 14.0. The standard InChI is InChI=1S/C20H24O.C6H12N2/c1-2-21-20-14-12-19(13-15-20)18-10-8-17(9-11-18)16-6-4-3-5-7-16;1-3-6(8)4-5(2)7/h8-16H,2-7H2,1H3;3-4H,7-8H2,1-2H3/b;5-4+,6-3+. The molecule has 0 saturated heterocycles. The first kappa shape index (κ1) is 22.6. The van der Waals surface area contributed by atoms with E-state index >= 15 is 0 Å². The molecule has 1 aliphatic rings. The maximum absolute atomic E-state index is 5.50. The van der Waals surface area contributed by atoms with Crippen molar-refractivity contribution >= 4 is 0 Å². The van der Waals surface area contributed by atoms with Gasteiger partial charge in [0.1, 0.15) is 5.75 Å². The highest BCUT2D eigenvalue weighted by Crippen LogP contribution is 2.33. The molecule has 3 heteroatoms. The topological polar surface area (TPSA) is 61.3 Å². The van der Waals surface area contributed by atoms with Gasteiger partial charge in [-0.25, -0.2) is 0 Å². The Balaban J connectivity index is 0.000000321. The smallest absolute Gasteiger partial charge is 0.119 e. The Morgan fingerprint density at radius 1 is 0.931 bits per heavy atom. The van der Waals surface area contributed by atoms with Gasteiger partial charge in [0.25, 0.3) is 0 Å². The van der Waals surface area contributed by atoms with Crippen LogP contribution in [0.4, 0.5) is 0 Å². The van der Waals surface area contributed by atoms with Gasteiger partial charge in [0.05, 0.1) is 6.61 Å². The van der Waals surface area contributed by atoms with Crippen LogP contribution in [0.2, 0.25) is 0 Å². The quantitative estimate of drug-likeness (QED) is 0.570. The number of rotatable bonds is 5. The van der Waals surface area contributed by atoms with Crippen molar-refractivity contribution in [1.29, 1.82) is 0 Å². The third-order valence-corrected chi connectivity index (χ3v) is 5.21. The molecule has 2 aromatic carbocycles. The number of ether oxygens (including phenoxy) is 1. The molecule has 3 rings (SSSR count). The Morgan fingerprint density at radius 3 is 1.93 bits per heavy atom. The van der Waals surface area contributed by atoms with E-state index in [0.29, 0.717) is 5.70 Å². The minimum absolute atomic E-state index is 0.713. The van der Waals surface area contributed by atoms with Crippen LogP contribution in [0.15, 0.2) is 72.1 Å². The Morgan fingerprint density at radius 2 is 1.48 bits per heavy atom. The molecule has 0 bridgehead atoms. The van der Waals surface area contributed by atoms with Crippen LogP contribution in [0.5, 0.6) is 5.75 Å². The number of allylic oxidation sites excluding steroid dienone is 3. The fourth-order valence-corrected chi connectivity index (χ4v) is 3.64. The molecule has 1 saturated carbocycles. The van der Waals surface area contributed by atoms with E-state index in [4.69, 9.17) is 16.2 Å². The first-order valence-corrected chi connectivity index (χ1v) is 10.7. The average Bonchev–Trinajstić information content (AvgIpc) is 2.75. The Bertz CT molecular complexity index is 778. The largest absolute Gasteiger partial charge is 0.494 e. The minimum Gasteiger partial charge on any atom is -0.494 e. The van der Waals surface area contributed by atoms with Crippen LogP contribution in [0.3, 0.4) is 0 Å². The van der Waals surface area contributed by atoms with Crippen molar-refractivity contribution in [3.63, 3.8) is 0 Å². The lowest BCUT2D eigenvalue weighted by molar-refractivity contribution is 0.340. The molecular weight excluding hydrogens is 356 g/mol. The predicted octanol–water partition coefficient (Wildman–Crippen LogP) is 6.51. The first-order valence-electron chi connectivity index (χ1n) is 10.7. The van der Waals surface area contributed by atoms with Crippen molar-refractivity contribution < 1.29 is 4.74 Å². The van der Waals surface area contributed by atoms with E-state index in [9.17, 15) is 0 Å². The predicted molar refractivity (Wildman–Crippen MR) is 125 cm³/mol. The summed E-state index contributed by atoms with van der Waals surface area (Å²) in [6.45, 7) is 6.40. The van der Waals surface area contributed by atoms with Crippen LogP contribution in [0, 0.1) is 0 Å². The lowest BCUT2D eigenvalue weighted by atomic mass is 9.84. The van der Waals surface area contributed by atoms with E-state index in [1.807, 2.05) is 26.0 Å². The number of hydrogen-bond acceptors (Lipinski definition) is 3. The van der Waals surface area contributed by atoms with E-state index in [1.165, 1.54) is 48.8 Å². The van der Waals surface area contributed by atoms with E-state index in [0.717, 1.165) is 24.0 Å². The Hall–Kier alpha value is -2.68. The van der Waals surface area contributed by atoms with E-state index in [1.54, 1.807) is 19.1 Å². The lowest BCUT2D eigenvalue weighted by Gasteiger charge is -2.22. The van der Waals surface area contributed by atoms with Crippen molar-refractivity contribution in [2.45, 2.75) is 58.8 Å². The van der Waals surface area contributed by atoms with Crippen LogP contribution < -0.4 is 16.2 Å². The van der Waals surface area contributed by atoms with Gasteiger partial charge >= 0.3 is 0 Å². The molecule has 1 fully saturated rings. The second-order valence-corrected chi connectivity index (χ2v) is 7.59. The zero-order valence-electron chi connectivity index (χ0n) is 18.2. The molecule has 0 radical (unpaired) electrons. The van der Waals surface area contributed by atoms with Crippen LogP contribution in [-0.2, 0) is 0 Å². The van der Waals surface area contributed by atoms with E-state index in [-0.39, 0.29) is 0 Å². The molecule has 0 aliphatic heterocycles. The second kappa shape index (κ2) is 12.0. The third kappa shape index (κ3) is 7.69. The average molecular weight is 393 g/mol. The molecule has 29 heavy (non-hydrogen) atoms. The molecule has 2 aromatic rings. The normalized spacial score (nSPS) is 15.4. The van der Waals surface area contributed by atoms with Gasteiger partial charge in [0, 0.05) is 11.4 Å². The van der Waals surface area contributed by atoms with Gasteiger partial charge in [-0.05, 0) is 74.4 Å². The van der Waals surface area contributed by atoms with Gasteiger partial charge in [-0.2, -0.15) is 0 Å². The summed E-state index contributed by atoms with van der Waals surface area (Å²) in [4.78, 5) is 0. The zero-order chi connectivity index (χ0) is 21.1. The van der Waals surface area contributed by atoms with E-state index < -0.39 is 0 Å². The summed E-state index contributed by atoms with van der Waals surface area (Å²) in [5.41, 5.74) is 16.2. The molecule has 0 atom stereocenters. The molecule has 0 spiro atoms. The van der Waals surface area contributed by atoms with Crippen LogP contribution in [-0.4, -0.2) is 6.61 Å². The second-order valence-electron chi connectivity index (χ2n) is 7.59. The molecular formula is C26H36N2O. The molecule has 4 N–H and O–H groups in total.